The lowest BCUT2D eigenvalue weighted by atomic mass is 9.74. The molecule has 1 heterocycles. The number of benzene rings is 2. The Bertz CT molecular complexity index is 818. The van der Waals surface area contributed by atoms with E-state index in [2.05, 4.69) is 15.6 Å². The van der Waals surface area contributed by atoms with Crippen LogP contribution in [-0.2, 0) is 16.7 Å². The third-order valence-corrected chi connectivity index (χ3v) is 5.18. The molecule has 0 unspecified atom stereocenters. The van der Waals surface area contributed by atoms with Gasteiger partial charge in [0.1, 0.15) is 17.5 Å². The van der Waals surface area contributed by atoms with Gasteiger partial charge in [-0.1, -0.05) is 12.1 Å². The summed E-state index contributed by atoms with van der Waals surface area (Å²) in [5, 5.41) is 6.28. The predicted octanol–water partition coefficient (Wildman–Crippen LogP) is 3.52. The first-order chi connectivity index (χ1) is 13.5. The highest BCUT2D eigenvalue weighted by Gasteiger charge is 2.34. The first-order valence-corrected chi connectivity index (χ1v) is 9.25. The van der Waals surface area contributed by atoms with Crippen molar-refractivity contribution in [2.45, 2.75) is 24.8 Å². The largest absolute Gasteiger partial charge is 0.381 e. The first kappa shape index (κ1) is 20.2. The molecular formula is C21H24F3N3O. The van der Waals surface area contributed by atoms with E-state index in [1.54, 1.807) is 19.2 Å². The van der Waals surface area contributed by atoms with Crippen molar-refractivity contribution in [2.24, 2.45) is 4.99 Å². The molecule has 1 aliphatic rings. The molecule has 0 radical (unpaired) electrons. The van der Waals surface area contributed by atoms with Crippen LogP contribution in [0.5, 0.6) is 0 Å². The van der Waals surface area contributed by atoms with Crippen molar-refractivity contribution in [3.05, 3.63) is 71.0 Å². The fraction of sp³-hybridized carbons (Fsp3) is 0.381. The second-order valence-electron chi connectivity index (χ2n) is 6.91. The zero-order valence-corrected chi connectivity index (χ0v) is 15.8. The standard InChI is InChI=1S/C21H24F3N3O/c1-25-20(26-13-15-12-18(23)6-7-19(15)24)27-14-21(8-10-28-11-9-21)16-2-4-17(22)5-3-16/h2-7,12H,8-11,13-14H2,1H3,(H2,25,26,27). The van der Waals surface area contributed by atoms with E-state index in [9.17, 15) is 13.2 Å². The lowest BCUT2D eigenvalue weighted by molar-refractivity contribution is 0.0513. The Morgan fingerprint density at radius 1 is 1.00 bits per heavy atom. The number of nitrogens with zero attached hydrogens (tertiary/aromatic N) is 1. The average Bonchev–Trinajstić information content (AvgIpc) is 2.71. The molecule has 3 rings (SSSR count). The van der Waals surface area contributed by atoms with E-state index in [4.69, 9.17) is 4.74 Å². The van der Waals surface area contributed by atoms with Crippen LogP contribution in [0.25, 0.3) is 0 Å². The van der Waals surface area contributed by atoms with Crippen LogP contribution in [0.3, 0.4) is 0 Å². The summed E-state index contributed by atoms with van der Waals surface area (Å²) in [7, 11) is 1.62. The Labute approximate surface area is 162 Å². The zero-order valence-electron chi connectivity index (χ0n) is 15.8. The number of rotatable bonds is 5. The van der Waals surface area contributed by atoms with Crippen molar-refractivity contribution in [2.75, 3.05) is 26.8 Å². The van der Waals surface area contributed by atoms with Crippen molar-refractivity contribution < 1.29 is 17.9 Å². The Hall–Kier alpha value is -2.54. The summed E-state index contributed by atoms with van der Waals surface area (Å²) in [5.74, 6) is -0.750. The van der Waals surface area contributed by atoms with Crippen LogP contribution in [0.1, 0.15) is 24.0 Å². The summed E-state index contributed by atoms with van der Waals surface area (Å²) in [4.78, 5) is 4.17. The molecule has 0 aliphatic carbocycles. The van der Waals surface area contributed by atoms with Crippen LogP contribution in [0.2, 0.25) is 0 Å². The molecule has 1 saturated heterocycles. The Kier molecular flexibility index (Phi) is 6.57. The molecule has 2 aromatic rings. The van der Waals surface area contributed by atoms with Crippen LogP contribution in [0.15, 0.2) is 47.5 Å². The topological polar surface area (TPSA) is 45.7 Å². The smallest absolute Gasteiger partial charge is 0.191 e. The first-order valence-electron chi connectivity index (χ1n) is 9.25. The van der Waals surface area contributed by atoms with Crippen LogP contribution in [0.4, 0.5) is 13.2 Å². The second-order valence-corrected chi connectivity index (χ2v) is 6.91. The molecule has 7 heteroatoms. The zero-order chi connectivity index (χ0) is 20.0. The van der Waals surface area contributed by atoms with Gasteiger partial charge in [-0.2, -0.15) is 0 Å². The lowest BCUT2D eigenvalue weighted by Gasteiger charge is -2.38. The van der Waals surface area contributed by atoms with Gasteiger partial charge in [-0.05, 0) is 48.7 Å². The predicted molar refractivity (Wildman–Crippen MR) is 103 cm³/mol. The van der Waals surface area contributed by atoms with E-state index in [1.165, 1.54) is 12.1 Å². The van der Waals surface area contributed by atoms with Gasteiger partial charge in [0.05, 0.1) is 0 Å². The van der Waals surface area contributed by atoms with Crippen molar-refractivity contribution in [3.63, 3.8) is 0 Å². The minimum Gasteiger partial charge on any atom is -0.381 e. The van der Waals surface area contributed by atoms with Gasteiger partial charge in [0.25, 0.3) is 0 Å². The number of ether oxygens (including phenoxy) is 1. The molecule has 0 spiro atoms. The van der Waals surface area contributed by atoms with E-state index in [-0.39, 0.29) is 23.3 Å². The normalized spacial score (nSPS) is 16.6. The summed E-state index contributed by atoms with van der Waals surface area (Å²) in [6.07, 6.45) is 1.59. The minimum absolute atomic E-state index is 0.107. The van der Waals surface area contributed by atoms with Gasteiger partial charge in [0.15, 0.2) is 5.96 Å². The highest BCUT2D eigenvalue weighted by atomic mass is 19.1. The molecular weight excluding hydrogens is 367 g/mol. The van der Waals surface area contributed by atoms with E-state index in [0.717, 1.165) is 36.6 Å². The maximum atomic E-state index is 13.8. The molecule has 150 valence electrons. The Morgan fingerprint density at radius 3 is 2.36 bits per heavy atom. The summed E-state index contributed by atoms with van der Waals surface area (Å²) < 4.78 is 46.0. The maximum Gasteiger partial charge on any atom is 0.191 e. The monoisotopic (exact) mass is 391 g/mol. The van der Waals surface area contributed by atoms with Gasteiger partial charge in [-0.15, -0.1) is 0 Å². The number of aliphatic imine (C=N–C) groups is 1. The van der Waals surface area contributed by atoms with E-state index < -0.39 is 11.6 Å². The van der Waals surface area contributed by atoms with Crippen molar-refractivity contribution in [3.8, 4) is 0 Å². The van der Waals surface area contributed by atoms with Crippen molar-refractivity contribution in [1.29, 1.82) is 0 Å². The molecule has 0 amide bonds. The SMILES string of the molecule is CN=C(NCc1cc(F)ccc1F)NCC1(c2ccc(F)cc2)CCOCC1. The number of hydrogen-bond donors (Lipinski definition) is 2. The minimum atomic E-state index is -0.487. The molecule has 0 saturated carbocycles. The van der Waals surface area contributed by atoms with Crippen LogP contribution in [-0.4, -0.2) is 32.8 Å². The van der Waals surface area contributed by atoms with Gasteiger partial charge < -0.3 is 15.4 Å². The third kappa shape index (κ3) is 4.84. The van der Waals surface area contributed by atoms with Gasteiger partial charge >= 0.3 is 0 Å². The van der Waals surface area contributed by atoms with Crippen LogP contribution >= 0.6 is 0 Å². The molecule has 0 bridgehead atoms. The number of halogens is 3. The molecule has 2 N–H and O–H groups in total. The quantitative estimate of drug-likeness (QED) is 0.606. The number of guanidine groups is 1. The molecule has 4 nitrogen and oxygen atoms in total. The second kappa shape index (κ2) is 9.10. The molecule has 28 heavy (non-hydrogen) atoms. The number of nitrogens with one attached hydrogen (secondary N) is 2. The van der Waals surface area contributed by atoms with E-state index >= 15 is 0 Å². The highest BCUT2D eigenvalue weighted by Crippen LogP contribution is 2.34. The average molecular weight is 391 g/mol. The lowest BCUT2D eigenvalue weighted by Crippen LogP contribution is -2.48. The molecule has 0 aromatic heterocycles. The summed E-state index contributed by atoms with van der Waals surface area (Å²) >= 11 is 0. The van der Waals surface area contributed by atoms with E-state index in [0.29, 0.717) is 25.7 Å². The molecule has 2 aromatic carbocycles. The summed E-state index contributed by atoms with van der Waals surface area (Å²) in [5.41, 5.74) is 1.05. The highest BCUT2D eigenvalue weighted by molar-refractivity contribution is 5.79. The van der Waals surface area contributed by atoms with Crippen molar-refractivity contribution in [1.82, 2.24) is 10.6 Å². The van der Waals surface area contributed by atoms with Gasteiger partial charge in [0, 0.05) is 44.3 Å². The maximum absolute atomic E-state index is 13.8. The van der Waals surface area contributed by atoms with Gasteiger partial charge in [0.2, 0.25) is 0 Å². The molecule has 0 atom stereocenters. The van der Waals surface area contributed by atoms with Gasteiger partial charge in [-0.3, -0.25) is 4.99 Å². The van der Waals surface area contributed by atoms with E-state index in [1.807, 2.05) is 0 Å². The fourth-order valence-corrected chi connectivity index (χ4v) is 3.46. The summed E-state index contributed by atoms with van der Waals surface area (Å²) in [6.45, 7) is 1.92. The van der Waals surface area contributed by atoms with Gasteiger partial charge in [-0.25, -0.2) is 13.2 Å². The third-order valence-electron chi connectivity index (χ3n) is 5.18. The molecule has 1 fully saturated rings. The number of hydrogen-bond acceptors (Lipinski definition) is 2. The van der Waals surface area contributed by atoms with Crippen molar-refractivity contribution >= 4 is 5.96 Å². The van der Waals surface area contributed by atoms with Crippen LogP contribution in [0, 0.1) is 17.5 Å². The summed E-state index contributed by atoms with van der Waals surface area (Å²) in [6, 6.07) is 9.89. The Balaban J connectivity index is 1.67. The fourth-order valence-electron chi connectivity index (χ4n) is 3.46. The Morgan fingerprint density at radius 2 is 1.68 bits per heavy atom. The van der Waals surface area contributed by atoms with Crippen LogP contribution < -0.4 is 10.6 Å². The molecule has 1 aliphatic heterocycles.